The van der Waals surface area contributed by atoms with Crippen LogP contribution in [0.25, 0.3) is 0 Å². The zero-order valence-corrected chi connectivity index (χ0v) is 10.0. The third-order valence-corrected chi connectivity index (χ3v) is 2.54. The van der Waals surface area contributed by atoms with Crippen molar-refractivity contribution >= 4 is 5.91 Å². The van der Waals surface area contributed by atoms with E-state index in [0.29, 0.717) is 13.0 Å². The lowest BCUT2D eigenvalue weighted by atomic mass is 10.2. The van der Waals surface area contributed by atoms with E-state index in [2.05, 4.69) is 10.4 Å². The molecule has 92 valence electrons. The maximum atomic E-state index is 11.5. The minimum Gasteiger partial charge on any atom is -0.392 e. The molecule has 0 aliphatic rings. The first-order valence-corrected chi connectivity index (χ1v) is 5.37. The van der Waals surface area contributed by atoms with E-state index in [1.807, 2.05) is 13.0 Å². The van der Waals surface area contributed by atoms with E-state index < -0.39 is 0 Å². The summed E-state index contributed by atoms with van der Waals surface area (Å²) in [6.45, 7) is 3.99. The van der Waals surface area contributed by atoms with Gasteiger partial charge in [0.05, 0.1) is 24.8 Å². The standard InChI is InChI=1S/C11H16N4O2/c1-8-10(7-16)9(2)15(14-8)6-11(17)13-5-3-4-12/h16H,3,5-7H2,1-2H3,(H,13,17). The molecule has 0 saturated carbocycles. The molecular formula is C11H16N4O2. The topological polar surface area (TPSA) is 90.9 Å². The molecule has 6 nitrogen and oxygen atoms in total. The second kappa shape index (κ2) is 6.01. The summed E-state index contributed by atoms with van der Waals surface area (Å²) in [6, 6.07) is 1.95. The predicted octanol–water partition coefficient (Wildman–Crippen LogP) is 0.0221. The molecule has 0 aromatic carbocycles. The molecule has 1 aromatic heterocycles. The third-order valence-electron chi connectivity index (χ3n) is 2.54. The minimum atomic E-state index is -0.185. The van der Waals surface area contributed by atoms with Crippen LogP contribution >= 0.6 is 0 Å². The maximum Gasteiger partial charge on any atom is 0.241 e. The fourth-order valence-electron chi connectivity index (χ4n) is 1.57. The molecule has 0 radical (unpaired) electrons. The molecule has 0 bridgehead atoms. The minimum absolute atomic E-state index is 0.0757. The first kappa shape index (κ1) is 13.2. The van der Waals surface area contributed by atoms with E-state index >= 15 is 0 Å². The third kappa shape index (κ3) is 3.29. The van der Waals surface area contributed by atoms with Crippen LogP contribution < -0.4 is 5.32 Å². The number of hydrogen-bond acceptors (Lipinski definition) is 4. The molecule has 0 spiro atoms. The number of carbonyl (C=O) groups excluding carboxylic acids is 1. The lowest BCUT2D eigenvalue weighted by Crippen LogP contribution is -2.29. The van der Waals surface area contributed by atoms with E-state index in [1.54, 1.807) is 11.6 Å². The summed E-state index contributed by atoms with van der Waals surface area (Å²) in [5.74, 6) is -0.185. The van der Waals surface area contributed by atoms with Gasteiger partial charge >= 0.3 is 0 Å². The monoisotopic (exact) mass is 236 g/mol. The Balaban J connectivity index is 2.63. The fourth-order valence-corrected chi connectivity index (χ4v) is 1.57. The Bertz CT molecular complexity index is 445. The van der Waals surface area contributed by atoms with Crippen molar-refractivity contribution in [3.63, 3.8) is 0 Å². The van der Waals surface area contributed by atoms with E-state index in [1.165, 1.54) is 0 Å². The Hall–Kier alpha value is -1.87. The summed E-state index contributed by atoms with van der Waals surface area (Å²) in [7, 11) is 0. The number of aliphatic hydroxyl groups is 1. The van der Waals surface area contributed by atoms with Crippen LogP contribution in [0.4, 0.5) is 0 Å². The number of aromatic nitrogens is 2. The van der Waals surface area contributed by atoms with Crippen molar-refractivity contribution in [3.05, 3.63) is 17.0 Å². The molecule has 6 heteroatoms. The second-order valence-electron chi connectivity index (χ2n) is 3.72. The maximum absolute atomic E-state index is 11.5. The summed E-state index contributed by atoms with van der Waals surface area (Å²) in [5.41, 5.74) is 2.28. The average Bonchev–Trinajstić information content (AvgIpc) is 2.54. The summed E-state index contributed by atoms with van der Waals surface area (Å²) in [5, 5.41) is 24.3. The number of nitriles is 1. The quantitative estimate of drug-likeness (QED) is 0.705. The molecule has 1 amide bonds. The summed E-state index contributed by atoms with van der Waals surface area (Å²) >= 11 is 0. The van der Waals surface area contributed by atoms with E-state index in [-0.39, 0.29) is 19.1 Å². The van der Waals surface area contributed by atoms with Crippen LogP contribution in [0.5, 0.6) is 0 Å². The SMILES string of the molecule is Cc1nn(CC(=O)NCCC#N)c(C)c1CO. The summed E-state index contributed by atoms with van der Waals surface area (Å²) < 4.78 is 1.56. The number of hydrogen-bond donors (Lipinski definition) is 2. The lowest BCUT2D eigenvalue weighted by molar-refractivity contribution is -0.121. The lowest BCUT2D eigenvalue weighted by Gasteiger charge is -2.05. The van der Waals surface area contributed by atoms with Crippen molar-refractivity contribution in [1.29, 1.82) is 5.26 Å². The van der Waals surface area contributed by atoms with E-state index in [9.17, 15) is 4.79 Å². The van der Waals surface area contributed by atoms with Crippen molar-refractivity contribution in [1.82, 2.24) is 15.1 Å². The van der Waals surface area contributed by atoms with Gasteiger partial charge in [-0.15, -0.1) is 0 Å². The van der Waals surface area contributed by atoms with Crippen LogP contribution in [-0.2, 0) is 17.9 Å². The van der Waals surface area contributed by atoms with Gasteiger partial charge in [0.15, 0.2) is 0 Å². The Labute approximate surface area is 99.9 Å². The molecule has 0 aliphatic carbocycles. The smallest absolute Gasteiger partial charge is 0.241 e. The summed E-state index contributed by atoms with van der Waals surface area (Å²) in [6.07, 6.45) is 0.296. The normalized spacial score (nSPS) is 10.0. The number of rotatable bonds is 5. The Kier molecular flexibility index (Phi) is 4.67. The zero-order valence-electron chi connectivity index (χ0n) is 10.0. The molecule has 0 unspecified atom stereocenters. The van der Waals surface area contributed by atoms with Gasteiger partial charge in [-0.2, -0.15) is 10.4 Å². The molecule has 0 saturated heterocycles. The van der Waals surface area contributed by atoms with Gasteiger partial charge in [0.2, 0.25) is 5.91 Å². The molecule has 1 heterocycles. The largest absolute Gasteiger partial charge is 0.392 e. The van der Waals surface area contributed by atoms with Gasteiger partial charge < -0.3 is 10.4 Å². The van der Waals surface area contributed by atoms with Gasteiger partial charge in [0.25, 0.3) is 0 Å². The van der Waals surface area contributed by atoms with Crippen LogP contribution in [0, 0.1) is 25.2 Å². The molecule has 2 N–H and O–H groups in total. The van der Waals surface area contributed by atoms with Crippen LogP contribution in [-0.4, -0.2) is 27.3 Å². The van der Waals surface area contributed by atoms with Gasteiger partial charge in [-0.25, -0.2) is 0 Å². The fraction of sp³-hybridized carbons (Fsp3) is 0.545. The van der Waals surface area contributed by atoms with Crippen molar-refractivity contribution in [2.45, 2.75) is 33.4 Å². The Morgan fingerprint density at radius 3 is 2.82 bits per heavy atom. The zero-order chi connectivity index (χ0) is 12.8. The van der Waals surface area contributed by atoms with Crippen molar-refractivity contribution in [2.75, 3.05) is 6.54 Å². The molecule has 17 heavy (non-hydrogen) atoms. The number of nitrogens with one attached hydrogen (secondary N) is 1. The Morgan fingerprint density at radius 1 is 1.59 bits per heavy atom. The highest BCUT2D eigenvalue weighted by atomic mass is 16.3. The van der Waals surface area contributed by atoms with Crippen molar-refractivity contribution in [3.8, 4) is 6.07 Å². The number of aryl methyl sites for hydroxylation is 1. The van der Waals surface area contributed by atoms with Gasteiger partial charge in [-0.05, 0) is 13.8 Å². The van der Waals surface area contributed by atoms with E-state index in [0.717, 1.165) is 17.0 Å². The number of nitrogens with zero attached hydrogens (tertiary/aromatic N) is 3. The van der Waals surface area contributed by atoms with Gasteiger partial charge in [-0.1, -0.05) is 0 Å². The number of aliphatic hydroxyl groups excluding tert-OH is 1. The highest BCUT2D eigenvalue weighted by Gasteiger charge is 2.12. The highest BCUT2D eigenvalue weighted by Crippen LogP contribution is 2.12. The molecule has 0 aliphatic heterocycles. The average molecular weight is 236 g/mol. The van der Waals surface area contributed by atoms with Gasteiger partial charge in [0, 0.05) is 17.8 Å². The first-order chi connectivity index (χ1) is 8.10. The van der Waals surface area contributed by atoms with Crippen LogP contribution in [0.2, 0.25) is 0 Å². The van der Waals surface area contributed by atoms with Crippen molar-refractivity contribution in [2.24, 2.45) is 0 Å². The first-order valence-electron chi connectivity index (χ1n) is 5.37. The Morgan fingerprint density at radius 2 is 2.29 bits per heavy atom. The number of amides is 1. The number of carbonyl (C=O) groups is 1. The molecule has 1 aromatic rings. The van der Waals surface area contributed by atoms with Gasteiger partial charge in [-0.3, -0.25) is 9.48 Å². The van der Waals surface area contributed by atoms with Crippen molar-refractivity contribution < 1.29 is 9.90 Å². The van der Waals surface area contributed by atoms with E-state index in [4.69, 9.17) is 10.4 Å². The predicted molar refractivity (Wildman–Crippen MR) is 60.9 cm³/mol. The van der Waals surface area contributed by atoms with Crippen LogP contribution in [0.1, 0.15) is 23.4 Å². The summed E-state index contributed by atoms with van der Waals surface area (Å²) in [4.78, 5) is 11.5. The van der Waals surface area contributed by atoms with Crippen LogP contribution in [0.15, 0.2) is 0 Å². The molecule has 1 rings (SSSR count). The van der Waals surface area contributed by atoms with Crippen LogP contribution in [0.3, 0.4) is 0 Å². The van der Waals surface area contributed by atoms with Gasteiger partial charge in [0.1, 0.15) is 6.54 Å². The molecule has 0 atom stereocenters. The molecular weight excluding hydrogens is 220 g/mol. The molecule has 0 fully saturated rings. The highest BCUT2D eigenvalue weighted by molar-refractivity contribution is 5.75. The second-order valence-corrected chi connectivity index (χ2v) is 3.72.